The fourth-order valence-corrected chi connectivity index (χ4v) is 2.16. The van der Waals surface area contributed by atoms with E-state index < -0.39 is 0 Å². The average Bonchev–Trinajstić information content (AvgIpc) is 2.33. The van der Waals surface area contributed by atoms with Gasteiger partial charge in [-0.05, 0) is 50.3 Å². The van der Waals surface area contributed by atoms with Gasteiger partial charge in [0.15, 0.2) is 0 Å². The predicted molar refractivity (Wildman–Crippen MR) is 74.4 cm³/mol. The molecule has 3 heteroatoms. The summed E-state index contributed by atoms with van der Waals surface area (Å²) in [5.74, 6) is 0.821. The molecule has 94 valence electrons. The smallest absolute Gasteiger partial charge is 0.0417 e. The van der Waals surface area contributed by atoms with E-state index in [-0.39, 0.29) is 12.4 Å². The summed E-state index contributed by atoms with van der Waals surface area (Å²) in [6.07, 6.45) is 10.3. The van der Waals surface area contributed by atoms with Gasteiger partial charge in [-0.25, -0.2) is 0 Å². The molecule has 17 heavy (non-hydrogen) atoms. The Bertz CT molecular complexity index is 363. The molecule has 1 aromatic heterocycles. The van der Waals surface area contributed by atoms with Crippen molar-refractivity contribution in [2.75, 3.05) is 6.54 Å². The number of nitrogens with zero attached hydrogens (tertiary/aromatic N) is 1. The molecule has 0 amide bonds. The maximum atomic E-state index is 4.29. The Morgan fingerprint density at radius 3 is 3.00 bits per heavy atom. The van der Waals surface area contributed by atoms with E-state index in [1.165, 1.54) is 24.8 Å². The summed E-state index contributed by atoms with van der Waals surface area (Å²) in [6, 6.07) is 4.16. The van der Waals surface area contributed by atoms with E-state index in [1.54, 1.807) is 0 Å². The minimum Gasteiger partial charge on any atom is -0.312 e. The van der Waals surface area contributed by atoms with E-state index in [9.17, 15) is 0 Å². The highest BCUT2D eigenvalue weighted by atomic mass is 35.5. The van der Waals surface area contributed by atoms with Crippen LogP contribution in [0.3, 0.4) is 0 Å². The number of nitrogens with one attached hydrogen (secondary N) is 1. The lowest BCUT2D eigenvalue weighted by molar-refractivity contribution is 0.440. The summed E-state index contributed by atoms with van der Waals surface area (Å²) in [7, 11) is 0. The fourth-order valence-electron chi connectivity index (χ4n) is 2.16. The zero-order valence-electron chi connectivity index (χ0n) is 10.4. The van der Waals surface area contributed by atoms with Crippen LogP contribution in [-0.2, 0) is 6.54 Å². The molecule has 1 aliphatic rings. The molecule has 1 aromatic rings. The Kier molecular flexibility index (Phi) is 6.23. The Morgan fingerprint density at radius 2 is 2.29 bits per heavy atom. The molecule has 0 saturated carbocycles. The van der Waals surface area contributed by atoms with Gasteiger partial charge < -0.3 is 5.32 Å². The topological polar surface area (TPSA) is 24.9 Å². The van der Waals surface area contributed by atoms with Gasteiger partial charge in [-0.2, -0.15) is 0 Å². The second-order valence-corrected chi connectivity index (χ2v) is 4.53. The maximum absolute atomic E-state index is 4.29. The van der Waals surface area contributed by atoms with Gasteiger partial charge in [0.1, 0.15) is 0 Å². The van der Waals surface area contributed by atoms with Crippen LogP contribution in [0.4, 0.5) is 0 Å². The number of aryl methyl sites for hydroxylation is 1. The number of rotatable bonds is 4. The maximum Gasteiger partial charge on any atom is 0.0417 e. The van der Waals surface area contributed by atoms with Gasteiger partial charge in [0.05, 0.1) is 0 Å². The minimum absolute atomic E-state index is 0. The summed E-state index contributed by atoms with van der Waals surface area (Å²) in [5, 5.41) is 3.54. The second-order valence-electron chi connectivity index (χ2n) is 4.53. The van der Waals surface area contributed by atoms with Crippen LogP contribution < -0.4 is 5.32 Å². The number of hydrogen-bond acceptors (Lipinski definition) is 2. The summed E-state index contributed by atoms with van der Waals surface area (Å²) >= 11 is 0. The highest BCUT2D eigenvalue weighted by Crippen LogP contribution is 2.17. The summed E-state index contributed by atoms with van der Waals surface area (Å²) in [5.41, 5.74) is 2.45. The third-order valence-corrected chi connectivity index (χ3v) is 3.24. The van der Waals surface area contributed by atoms with E-state index >= 15 is 0 Å². The SMILES string of the molecule is Cc1ncccc1CNCC1CC=CCC1.Cl. The molecule has 0 radical (unpaired) electrons. The van der Waals surface area contributed by atoms with Gasteiger partial charge >= 0.3 is 0 Å². The average molecular weight is 253 g/mol. The van der Waals surface area contributed by atoms with Crippen LogP contribution in [0.5, 0.6) is 0 Å². The number of allylic oxidation sites excluding steroid dienone is 2. The van der Waals surface area contributed by atoms with Gasteiger partial charge in [-0.1, -0.05) is 18.2 Å². The van der Waals surface area contributed by atoms with Crippen LogP contribution >= 0.6 is 12.4 Å². The number of halogens is 1. The van der Waals surface area contributed by atoms with E-state index in [0.29, 0.717) is 0 Å². The van der Waals surface area contributed by atoms with Crippen molar-refractivity contribution in [2.45, 2.75) is 32.7 Å². The van der Waals surface area contributed by atoms with E-state index in [0.717, 1.165) is 24.7 Å². The quantitative estimate of drug-likeness (QED) is 0.832. The van der Waals surface area contributed by atoms with Gasteiger partial charge in [0, 0.05) is 18.4 Å². The van der Waals surface area contributed by atoms with E-state index in [1.807, 2.05) is 12.3 Å². The largest absolute Gasteiger partial charge is 0.312 e. The molecule has 1 aliphatic carbocycles. The molecule has 0 bridgehead atoms. The molecule has 0 fully saturated rings. The Morgan fingerprint density at radius 1 is 1.41 bits per heavy atom. The molecular formula is C14H21ClN2. The molecule has 0 spiro atoms. The lowest BCUT2D eigenvalue weighted by Gasteiger charge is -2.18. The molecule has 1 N–H and O–H groups in total. The van der Waals surface area contributed by atoms with Crippen molar-refractivity contribution in [2.24, 2.45) is 5.92 Å². The molecule has 1 atom stereocenters. The molecule has 1 unspecified atom stereocenters. The summed E-state index contributed by atoms with van der Waals surface area (Å²) < 4.78 is 0. The third kappa shape index (κ3) is 4.49. The minimum atomic E-state index is 0. The first-order chi connectivity index (χ1) is 7.86. The number of hydrogen-bond donors (Lipinski definition) is 1. The third-order valence-electron chi connectivity index (χ3n) is 3.24. The van der Waals surface area contributed by atoms with Crippen LogP contribution in [0.1, 0.15) is 30.5 Å². The van der Waals surface area contributed by atoms with Crippen molar-refractivity contribution in [3.8, 4) is 0 Å². The van der Waals surface area contributed by atoms with Gasteiger partial charge in [0.2, 0.25) is 0 Å². The van der Waals surface area contributed by atoms with Crippen molar-refractivity contribution < 1.29 is 0 Å². The van der Waals surface area contributed by atoms with E-state index in [2.05, 4.69) is 35.4 Å². The van der Waals surface area contributed by atoms with Crippen molar-refractivity contribution in [1.82, 2.24) is 10.3 Å². The molecule has 0 aliphatic heterocycles. The van der Waals surface area contributed by atoms with Crippen LogP contribution in [0, 0.1) is 12.8 Å². The first kappa shape index (κ1) is 14.2. The van der Waals surface area contributed by atoms with E-state index in [4.69, 9.17) is 0 Å². The van der Waals surface area contributed by atoms with Crippen molar-refractivity contribution in [3.05, 3.63) is 41.7 Å². The van der Waals surface area contributed by atoms with Crippen LogP contribution in [0.2, 0.25) is 0 Å². The Hall–Kier alpha value is -0.860. The lowest BCUT2D eigenvalue weighted by Crippen LogP contribution is -2.23. The summed E-state index contributed by atoms with van der Waals surface area (Å²) in [4.78, 5) is 4.29. The molecule has 1 heterocycles. The first-order valence-electron chi connectivity index (χ1n) is 6.12. The van der Waals surface area contributed by atoms with Gasteiger partial charge in [-0.3, -0.25) is 4.98 Å². The zero-order chi connectivity index (χ0) is 11.2. The molecule has 0 aromatic carbocycles. The van der Waals surface area contributed by atoms with Crippen molar-refractivity contribution >= 4 is 12.4 Å². The monoisotopic (exact) mass is 252 g/mol. The predicted octanol–water partition coefficient (Wildman–Crippen LogP) is 3.26. The zero-order valence-corrected chi connectivity index (χ0v) is 11.2. The number of aromatic nitrogens is 1. The highest BCUT2D eigenvalue weighted by Gasteiger charge is 2.09. The normalized spacial score (nSPS) is 18.8. The Labute approximate surface area is 110 Å². The molecule has 0 saturated heterocycles. The van der Waals surface area contributed by atoms with Crippen LogP contribution in [-0.4, -0.2) is 11.5 Å². The standard InChI is InChI=1S/C14H20N2.ClH/c1-12-14(8-5-9-16-12)11-15-10-13-6-3-2-4-7-13;/h2-3,5,8-9,13,15H,4,6-7,10-11H2,1H3;1H. The van der Waals surface area contributed by atoms with Crippen LogP contribution in [0.15, 0.2) is 30.5 Å². The number of pyridine rings is 1. The van der Waals surface area contributed by atoms with Crippen LogP contribution in [0.25, 0.3) is 0 Å². The fraction of sp³-hybridized carbons (Fsp3) is 0.500. The van der Waals surface area contributed by atoms with Crippen molar-refractivity contribution in [3.63, 3.8) is 0 Å². The Balaban J connectivity index is 0.00000144. The van der Waals surface area contributed by atoms with Gasteiger partial charge in [0.25, 0.3) is 0 Å². The first-order valence-corrected chi connectivity index (χ1v) is 6.12. The highest BCUT2D eigenvalue weighted by molar-refractivity contribution is 5.85. The van der Waals surface area contributed by atoms with Gasteiger partial charge in [-0.15, -0.1) is 12.4 Å². The van der Waals surface area contributed by atoms with Crippen molar-refractivity contribution in [1.29, 1.82) is 0 Å². The second kappa shape index (κ2) is 7.46. The summed E-state index contributed by atoms with van der Waals surface area (Å²) in [6.45, 7) is 4.14. The molecular weight excluding hydrogens is 232 g/mol. The molecule has 2 nitrogen and oxygen atoms in total. The molecule has 2 rings (SSSR count). The lowest BCUT2D eigenvalue weighted by atomic mass is 9.94.